The largest absolute Gasteiger partial charge is 0.454 e. The van der Waals surface area contributed by atoms with Crippen LogP contribution >= 0.6 is 0 Å². The van der Waals surface area contributed by atoms with Gasteiger partial charge in [0.15, 0.2) is 12.4 Å². The smallest absolute Gasteiger partial charge is 0.306 e. The molecule has 6 N–H and O–H groups in total. The van der Waals surface area contributed by atoms with Gasteiger partial charge in [-0.15, -0.1) is 0 Å². The molecule has 0 bridgehead atoms. The number of ether oxygens (including phenoxy) is 3. The third-order valence-corrected chi connectivity index (χ3v) is 16.1. The van der Waals surface area contributed by atoms with Crippen LogP contribution < -0.4 is 5.32 Å². The van der Waals surface area contributed by atoms with Crippen molar-refractivity contribution in [3.8, 4) is 0 Å². The number of hydrogen-bond acceptors (Lipinski definition) is 10. The Balaban J connectivity index is 2.60. The summed E-state index contributed by atoms with van der Waals surface area (Å²) in [4.78, 5) is 26.6. The lowest BCUT2D eigenvalue weighted by atomic mass is 9.99. The third-order valence-electron chi connectivity index (χ3n) is 16.1. The van der Waals surface area contributed by atoms with Crippen LogP contribution in [0.25, 0.3) is 0 Å². The molecule has 1 amide bonds. The predicted molar refractivity (Wildman–Crippen MR) is 343 cm³/mol. The lowest BCUT2D eigenvalue weighted by Gasteiger charge is -2.41. The van der Waals surface area contributed by atoms with Crippen molar-refractivity contribution in [2.75, 3.05) is 13.2 Å². The van der Waals surface area contributed by atoms with E-state index >= 15 is 0 Å². The Morgan fingerprint density at radius 1 is 0.476 bits per heavy atom. The minimum atomic E-state index is -1.62. The average molecular weight is 1160 g/mol. The molecule has 8 unspecified atom stereocenters. The van der Waals surface area contributed by atoms with E-state index in [1.165, 1.54) is 186 Å². The molecule has 0 aromatic rings. The van der Waals surface area contributed by atoms with Gasteiger partial charge in [0.2, 0.25) is 5.91 Å². The fraction of sp³-hybridized carbons (Fsp3) is 0.831. The van der Waals surface area contributed by atoms with Crippen LogP contribution in [0, 0.1) is 0 Å². The highest BCUT2D eigenvalue weighted by Crippen LogP contribution is 2.26. The number of carbonyl (C=O) groups excluding carboxylic acids is 2. The first-order valence-electron chi connectivity index (χ1n) is 34.6. The van der Waals surface area contributed by atoms with Crippen LogP contribution in [0.1, 0.15) is 316 Å². The van der Waals surface area contributed by atoms with Gasteiger partial charge in [-0.05, 0) is 89.9 Å². The van der Waals surface area contributed by atoms with Crippen LogP contribution in [0.4, 0.5) is 0 Å². The van der Waals surface area contributed by atoms with Crippen molar-refractivity contribution in [1.29, 1.82) is 0 Å². The van der Waals surface area contributed by atoms with E-state index in [-0.39, 0.29) is 19.4 Å². The van der Waals surface area contributed by atoms with Gasteiger partial charge in [0.1, 0.15) is 24.4 Å². The van der Waals surface area contributed by atoms with Gasteiger partial charge in [-0.1, -0.05) is 281 Å². The number of unbranched alkanes of at least 4 members (excludes halogenated alkanes) is 37. The highest BCUT2D eigenvalue weighted by atomic mass is 16.7. The Morgan fingerprint density at radius 2 is 0.841 bits per heavy atom. The topological polar surface area (TPSA) is 175 Å². The van der Waals surface area contributed by atoms with E-state index in [1.807, 2.05) is 6.08 Å². The van der Waals surface area contributed by atoms with Crippen LogP contribution in [0.3, 0.4) is 0 Å². The molecular formula is C71H129NO10. The van der Waals surface area contributed by atoms with Gasteiger partial charge in [-0.2, -0.15) is 0 Å². The third kappa shape index (κ3) is 45.7. The van der Waals surface area contributed by atoms with E-state index in [2.05, 4.69) is 74.7 Å². The van der Waals surface area contributed by atoms with Crippen LogP contribution in [-0.4, -0.2) is 99.6 Å². The second-order valence-corrected chi connectivity index (χ2v) is 23.9. The van der Waals surface area contributed by atoms with Gasteiger partial charge in [-0.25, -0.2) is 0 Å². The highest BCUT2D eigenvalue weighted by Gasteiger charge is 2.47. The van der Waals surface area contributed by atoms with Crippen molar-refractivity contribution >= 4 is 11.9 Å². The first-order chi connectivity index (χ1) is 40.2. The SMILES string of the molecule is CCCCC/C=C\C/C=C\C/C=C\CCCCCCCCCCCCC(=O)OC1C(OCC(NC(=O)C(O)CCCCCCCCCC/C=C/CCCCCCCC)C(O)/C=C/CCCCCCCCCCCC)OC(CO)C(O)C1O. The molecule has 1 saturated heterocycles. The molecule has 1 fully saturated rings. The Bertz CT molecular complexity index is 1560. The zero-order chi connectivity index (χ0) is 59.6. The second kappa shape index (κ2) is 58.7. The van der Waals surface area contributed by atoms with Crippen molar-refractivity contribution in [3.05, 3.63) is 60.8 Å². The maximum atomic E-state index is 13.5. The quantitative estimate of drug-likeness (QED) is 0.0195. The number of rotatable bonds is 59. The molecule has 1 rings (SSSR count). The van der Waals surface area contributed by atoms with Gasteiger partial charge in [0.05, 0.1) is 25.4 Å². The molecule has 11 heteroatoms. The summed E-state index contributed by atoms with van der Waals surface area (Å²) in [5, 5.41) is 57.2. The van der Waals surface area contributed by atoms with Crippen molar-refractivity contribution < 1.29 is 49.3 Å². The Hall–Kier alpha value is -2.64. The molecule has 0 saturated carbocycles. The molecule has 478 valence electrons. The van der Waals surface area contributed by atoms with Gasteiger partial charge < -0.3 is 45.1 Å². The van der Waals surface area contributed by atoms with Gasteiger partial charge in [0, 0.05) is 6.42 Å². The van der Waals surface area contributed by atoms with Crippen molar-refractivity contribution in [2.45, 2.75) is 365 Å². The lowest BCUT2D eigenvalue weighted by Crippen LogP contribution is -2.61. The summed E-state index contributed by atoms with van der Waals surface area (Å²) < 4.78 is 17.7. The van der Waals surface area contributed by atoms with Crippen molar-refractivity contribution in [1.82, 2.24) is 5.32 Å². The predicted octanol–water partition coefficient (Wildman–Crippen LogP) is 17.3. The summed E-state index contributed by atoms with van der Waals surface area (Å²) in [7, 11) is 0. The number of aliphatic hydroxyl groups excluding tert-OH is 5. The average Bonchev–Trinajstić information content (AvgIpc) is 3.44. The number of amides is 1. The lowest BCUT2D eigenvalue weighted by molar-refractivity contribution is -0.305. The zero-order valence-electron chi connectivity index (χ0n) is 53.1. The van der Waals surface area contributed by atoms with E-state index in [4.69, 9.17) is 14.2 Å². The Labute approximate surface area is 503 Å². The van der Waals surface area contributed by atoms with Crippen molar-refractivity contribution in [2.24, 2.45) is 0 Å². The number of esters is 1. The number of nitrogens with one attached hydrogen (secondary N) is 1. The fourth-order valence-corrected chi connectivity index (χ4v) is 10.7. The molecule has 11 nitrogen and oxygen atoms in total. The van der Waals surface area contributed by atoms with Crippen LogP contribution in [0.15, 0.2) is 60.8 Å². The zero-order valence-corrected chi connectivity index (χ0v) is 53.1. The van der Waals surface area contributed by atoms with Crippen LogP contribution in [0.2, 0.25) is 0 Å². The summed E-state index contributed by atoms with van der Waals surface area (Å²) in [5.74, 6) is -1.19. The van der Waals surface area contributed by atoms with Crippen LogP contribution in [0.5, 0.6) is 0 Å². The molecule has 1 aliphatic heterocycles. The van der Waals surface area contributed by atoms with Crippen molar-refractivity contribution in [3.63, 3.8) is 0 Å². The summed E-state index contributed by atoms with van der Waals surface area (Å²) in [6.45, 7) is 5.78. The Morgan fingerprint density at radius 3 is 1.29 bits per heavy atom. The molecule has 0 radical (unpaired) electrons. The molecule has 0 aromatic heterocycles. The second-order valence-electron chi connectivity index (χ2n) is 23.9. The number of aliphatic hydroxyl groups is 5. The van der Waals surface area contributed by atoms with E-state index in [0.717, 1.165) is 83.5 Å². The molecule has 1 aliphatic rings. The summed E-state index contributed by atoms with van der Waals surface area (Å²) in [6.07, 6.45) is 63.9. The summed E-state index contributed by atoms with van der Waals surface area (Å²) in [5.41, 5.74) is 0. The molecule has 0 aliphatic carbocycles. The van der Waals surface area contributed by atoms with E-state index in [1.54, 1.807) is 6.08 Å². The summed E-state index contributed by atoms with van der Waals surface area (Å²) in [6, 6.07) is -1.03. The monoisotopic (exact) mass is 1160 g/mol. The first kappa shape index (κ1) is 77.4. The van der Waals surface area contributed by atoms with Crippen LogP contribution in [-0.2, 0) is 23.8 Å². The van der Waals surface area contributed by atoms with Gasteiger partial charge in [0.25, 0.3) is 0 Å². The maximum absolute atomic E-state index is 13.5. The molecule has 8 atom stereocenters. The molecular weight excluding hydrogens is 1030 g/mol. The van der Waals surface area contributed by atoms with E-state index in [0.29, 0.717) is 12.8 Å². The van der Waals surface area contributed by atoms with Gasteiger partial charge in [-0.3, -0.25) is 9.59 Å². The highest BCUT2D eigenvalue weighted by molar-refractivity contribution is 5.80. The molecule has 82 heavy (non-hydrogen) atoms. The number of allylic oxidation sites excluding steroid dienone is 9. The van der Waals surface area contributed by atoms with Gasteiger partial charge >= 0.3 is 5.97 Å². The normalized spacial score (nSPS) is 19.0. The number of carbonyl (C=O) groups is 2. The van der Waals surface area contributed by atoms with E-state index in [9.17, 15) is 35.1 Å². The standard InChI is InChI=1S/C71H129NO10/c1-4-7-10-13-16-19-22-25-27-29-31-32-33-34-35-37-39-41-44-47-50-53-56-59-66(76)82-69-68(78)67(77)65(60-73)81-71(69)80-61-62(63(74)57-54-51-48-45-42-24-21-18-15-12-9-6-3)72-70(79)64(75)58-55-52-49-46-43-40-38-36-30-28-26-23-20-17-14-11-8-5-2/h16,19,25-28,31-32,54,57,62-65,67-69,71,73-75,77-78H,4-15,17-18,20-24,29-30,33-53,55-56,58-61H2,1-3H3,(H,72,79)/b19-16-,27-25-,28-26+,32-31-,57-54+. The Kier molecular flexibility index (Phi) is 55.4. The first-order valence-corrected chi connectivity index (χ1v) is 34.6. The minimum absolute atomic E-state index is 0.118. The molecule has 0 spiro atoms. The maximum Gasteiger partial charge on any atom is 0.306 e. The molecule has 0 aromatic carbocycles. The molecule has 1 heterocycles. The fourth-order valence-electron chi connectivity index (χ4n) is 10.7. The minimum Gasteiger partial charge on any atom is -0.454 e. The summed E-state index contributed by atoms with van der Waals surface area (Å²) >= 11 is 0. The number of hydrogen-bond donors (Lipinski definition) is 6. The van der Waals surface area contributed by atoms with E-state index < -0.39 is 67.4 Å².